The summed E-state index contributed by atoms with van der Waals surface area (Å²) >= 11 is 0. The van der Waals surface area contributed by atoms with E-state index in [0.717, 1.165) is 25.3 Å². The summed E-state index contributed by atoms with van der Waals surface area (Å²) in [4.78, 5) is 17.1. The van der Waals surface area contributed by atoms with Crippen molar-refractivity contribution in [2.45, 2.75) is 19.5 Å². The van der Waals surface area contributed by atoms with Gasteiger partial charge >= 0.3 is 0 Å². The van der Waals surface area contributed by atoms with E-state index < -0.39 is 0 Å². The molecule has 1 aliphatic heterocycles. The Bertz CT molecular complexity index is 891. The van der Waals surface area contributed by atoms with Crippen molar-refractivity contribution in [1.82, 2.24) is 4.90 Å². The van der Waals surface area contributed by atoms with Crippen molar-refractivity contribution in [3.63, 3.8) is 0 Å². The number of anilines is 1. The number of carbonyl (C=O) groups is 1. The Balaban J connectivity index is 1.47. The normalized spacial score (nSPS) is 17.9. The molecule has 3 heteroatoms. The standard InChI is InChI=1S/C24H24N2O/c1-19-24(27)26(17-16-25(19)18-20-8-4-2-5-9-20)23-14-12-22(13-15-23)21-10-6-3-7-11-21/h2-15,19H,16-18H2,1H3/t19-/m1/s1. The van der Waals surface area contributed by atoms with E-state index in [-0.39, 0.29) is 11.9 Å². The van der Waals surface area contributed by atoms with Gasteiger partial charge in [0.25, 0.3) is 0 Å². The number of nitrogens with zero attached hydrogens (tertiary/aromatic N) is 2. The van der Waals surface area contributed by atoms with Crippen LogP contribution < -0.4 is 4.90 Å². The van der Waals surface area contributed by atoms with Gasteiger partial charge in [-0.3, -0.25) is 9.69 Å². The number of carbonyl (C=O) groups excluding carboxylic acids is 1. The number of piperazine rings is 1. The van der Waals surface area contributed by atoms with E-state index in [0.29, 0.717) is 0 Å². The second kappa shape index (κ2) is 7.77. The number of benzene rings is 3. The summed E-state index contributed by atoms with van der Waals surface area (Å²) in [7, 11) is 0. The van der Waals surface area contributed by atoms with Gasteiger partial charge in [-0.15, -0.1) is 0 Å². The molecule has 136 valence electrons. The van der Waals surface area contributed by atoms with Crippen LogP contribution in [-0.2, 0) is 11.3 Å². The minimum Gasteiger partial charge on any atom is -0.310 e. The summed E-state index contributed by atoms with van der Waals surface area (Å²) in [6.07, 6.45) is 0. The zero-order valence-corrected chi connectivity index (χ0v) is 15.6. The molecule has 1 amide bonds. The summed E-state index contributed by atoms with van der Waals surface area (Å²) in [6.45, 7) is 4.42. The first-order chi connectivity index (χ1) is 13.2. The molecule has 0 bridgehead atoms. The van der Waals surface area contributed by atoms with Gasteiger partial charge in [0, 0.05) is 25.3 Å². The molecule has 1 fully saturated rings. The molecule has 0 aliphatic carbocycles. The van der Waals surface area contributed by atoms with E-state index in [4.69, 9.17) is 0 Å². The van der Waals surface area contributed by atoms with Crippen molar-refractivity contribution in [2.75, 3.05) is 18.0 Å². The van der Waals surface area contributed by atoms with E-state index in [9.17, 15) is 4.79 Å². The third-order valence-corrected chi connectivity index (χ3v) is 5.30. The van der Waals surface area contributed by atoms with Crippen LogP contribution in [0.4, 0.5) is 5.69 Å². The SMILES string of the molecule is C[C@@H]1C(=O)N(c2ccc(-c3ccccc3)cc2)CCN1Cc1ccccc1. The average Bonchev–Trinajstić information content (AvgIpc) is 2.73. The fourth-order valence-electron chi connectivity index (χ4n) is 3.67. The summed E-state index contributed by atoms with van der Waals surface area (Å²) in [5, 5.41) is 0. The highest BCUT2D eigenvalue weighted by Crippen LogP contribution is 2.26. The molecule has 1 atom stereocenters. The predicted molar refractivity (Wildman–Crippen MR) is 111 cm³/mol. The lowest BCUT2D eigenvalue weighted by Gasteiger charge is -2.39. The molecular weight excluding hydrogens is 332 g/mol. The van der Waals surface area contributed by atoms with Crippen LogP contribution in [0.5, 0.6) is 0 Å². The highest BCUT2D eigenvalue weighted by Gasteiger charge is 2.32. The molecule has 1 saturated heterocycles. The third-order valence-electron chi connectivity index (χ3n) is 5.30. The molecule has 0 radical (unpaired) electrons. The molecule has 0 aromatic heterocycles. The molecule has 0 unspecified atom stereocenters. The highest BCUT2D eigenvalue weighted by atomic mass is 16.2. The number of hydrogen-bond acceptors (Lipinski definition) is 2. The van der Waals surface area contributed by atoms with Crippen LogP contribution in [0.15, 0.2) is 84.9 Å². The van der Waals surface area contributed by atoms with Crippen molar-refractivity contribution >= 4 is 11.6 Å². The van der Waals surface area contributed by atoms with E-state index >= 15 is 0 Å². The first-order valence-corrected chi connectivity index (χ1v) is 9.47. The summed E-state index contributed by atoms with van der Waals surface area (Å²) in [5.41, 5.74) is 4.59. The average molecular weight is 356 g/mol. The van der Waals surface area contributed by atoms with Crippen molar-refractivity contribution in [3.8, 4) is 11.1 Å². The molecule has 0 N–H and O–H groups in total. The quantitative estimate of drug-likeness (QED) is 0.682. The minimum atomic E-state index is -0.118. The van der Waals surface area contributed by atoms with E-state index in [2.05, 4.69) is 53.4 Å². The molecule has 3 aromatic carbocycles. The van der Waals surface area contributed by atoms with Gasteiger partial charge in [-0.25, -0.2) is 0 Å². The molecule has 27 heavy (non-hydrogen) atoms. The Labute approximate surface area is 160 Å². The maximum atomic E-state index is 13.0. The lowest BCUT2D eigenvalue weighted by atomic mass is 10.0. The largest absolute Gasteiger partial charge is 0.310 e. The molecule has 0 spiro atoms. The number of hydrogen-bond donors (Lipinski definition) is 0. The lowest BCUT2D eigenvalue weighted by molar-refractivity contribution is -0.125. The van der Waals surface area contributed by atoms with Crippen LogP contribution in [0, 0.1) is 0 Å². The zero-order valence-electron chi connectivity index (χ0n) is 15.6. The van der Waals surface area contributed by atoms with Gasteiger partial charge in [0.05, 0.1) is 6.04 Å². The molecule has 1 aliphatic rings. The Morgan fingerprint density at radius 1 is 0.778 bits per heavy atom. The van der Waals surface area contributed by atoms with Gasteiger partial charge < -0.3 is 4.90 Å². The van der Waals surface area contributed by atoms with Gasteiger partial charge in [0.15, 0.2) is 0 Å². The van der Waals surface area contributed by atoms with E-state index in [1.807, 2.05) is 48.2 Å². The van der Waals surface area contributed by atoms with Gasteiger partial charge in [-0.05, 0) is 35.7 Å². The lowest BCUT2D eigenvalue weighted by Crippen LogP contribution is -2.55. The van der Waals surface area contributed by atoms with Crippen LogP contribution >= 0.6 is 0 Å². The van der Waals surface area contributed by atoms with Gasteiger partial charge in [0.1, 0.15) is 0 Å². The van der Waals surface area contributed by atoms with E-state index in [1.165, 1.54) is 16.7 Å². The van der Waals surface area contributed by atoms with Gasteiger partial charge in [-0.1, -0.05) is 72.8 Å². The molecule has 3 nitrogen and oxygen atoms in total. The molecular formula is C24H24N2O. The van der Waals surface area contributed by atoms with Crippen LogP contribution in [0.2, 0.25) is 0 Å². The van der Waals surface area contributed by atoms with Crippen molar-refractivity contribution in [2.24, 2.45) is 0 Å². The second-order valence-corrected chi connectivity index (χ2v) is 7.03. The summed E-state index contributed by atoms with van der Waals surface area (Å²) in [5.74, 6) is 0.171. The molecule has 0 saturated carbocycles. The molecule has 1 heterocycles. The zero-order chi connectivity index (χ0) is 18.6. The third kappa shape index (κ3) is 3.79. The maximum Gasteiger partial charge on any atom is 0.244 e. The van der Waals surface area contributed by atoms with Crippen LogP contribution in [0.3, 0.4) is 0 Å². The fraction of sp³-hybridized carbons (Fsp3) is 0.208. The summed E-state index contributed by atoms with van der Waals surface area (Å²) in [6, 6.07) is 28.8. The summed E-state index contributed by atoms with van der Waals surface area (Å²) < 4.78 is 0. The Kier molecular flexibility index (Phi) is 5.03. The smallest absolute Gasteiger partial charge is 0.244 e. The number of rotatable bonds is 4. The van der Waals surface area contributed by atoms with Crippen LogP contribution in [-0.4, -0.2) is 29.9 Å². The van der Waals surface area contributed by atoms with Crippen molar-refractivity contribution in [1.29, 1.82) is 0 Å². The van der Waals surface area contributed by atoms with Gasteiger partial charge in [0.2, 0.25) is 5.91 Å². The Hall–Kier alpha value is -2.91. The van der Waals surface area contributed by atoms with Crippen molar-refractivity contribution in [3.05, 3.63) is 90.5 Å². The van der Waals surface area contributed by atoms with Crippen molar-refractivity contribution < 1.29 is 4.79 Å². The second-order valence-electron chi connectivity index (χ2n) is 7.03. The van der Waals surface area contributed by atoms with Crippen LogP contribution in [0.25, 0.3) is 11.1 Å². The predicted octanol–water partition coefficient (Wildman–Crippen LogP) is 4.59. The molecule has 4 rings (SSSR count). The Morgan fingerprint density at radius 2 is 1.37 bits per heavy atom. The first-order valence-electron chi connectivity index (χ1n) is 9.47. The van der Waals surface area contributed by atoms with E-state index in [1.54, 1.807) is 0 Å². The van der Waals surface area contributed by atoms with Crippen LogP contribution in [0.1, 0.15) is 12.5 Å². The fourth-order valence-corrected chi connectivity index (χ4v) is 3.67. The monoisotopic (exact) mass is 356 g/mol. The molecule has 3 aromatic rings. The maximum absolute atomic E-state index is 13.0. The Morgan fingerprint density at radius 3 is 2.04 bits per heavy atom. The van der Waals surface area contributed by atoms with Gasteiger partial charge in [-0.2, -0.15) is 0 Å². The highest BCUT2D eigenvalue weighted by molar-refractivity contribution is 5.97. The first kappa shape index (κ1) is 17.5. The minimum absolute atomic E-state index is 0.118. The topological polar surface area (TPSA) is 23.6 Å². The number of amides is 1.